The van der Waals surface area contributed by atoms with E-state index in [1.54, 1.807) is 0 Å². The van der Waals surface area contributed by atoms with Crippen molar-refractivity contribution in [2.75, 3.05) is 11.9 Å². The molecule has 0 bridgehead atoms. The fraction of sp³-hybridized carbons (Fsp3) is 0.875. The molecule has 0 aliphatic heterocycles. The van der Waals surface area contributed by atoms with E-state index in [2.05, 4.69) is 28.2 Å². The lowest BCUT2D eigenvalue weighted by Crippen LogP contribution is -2.38. The maximum absolute atomic E-state index is 10.9. The van der Waals surface area contributed by atoms with Gasteiger partial charge < -0.3 is 10.4 Å². The lowest BCUT2D eigenvalue weighted by Gasteiger charge is -2.14. The molecule has 0 aromatic heterocycles. The number of halogens is 1. The normalized spacial score (nSPS) is 12.6. The Balaban J connectivity index is 3.59. The molecule has 1 amide bonds. The minimum atomic E-state index is -0.0741. The molecule has 0 aromatic carbocycles. The van der Waals surface area contributed by atoms with Crippen molar-refractivity contribution in [1.82, 2.24) is 5.32 Å². The Morgan fingerprint density at radius 1 is 1.67 bits per heavy atom. The molecule has 0 spiro atoms. The number of unbranched alkanes of at least 4 members (excludes halogenated alkanes) is 1. The van der Waals surface area contributed by atoms with Crippen molar-refractivity contribution in [3.8, 4) is 0 Å². The first kappa shape index (κ1) is 11.9. The summed E-state index contributed by atoms with van der Waals surface area (Å²) in [5.74, 6) is -0.0647. The first-order valence-electron chi connectivity index (χ1n) is 4.20. The quantitative estimate of drug-likeness (QED) is 0.679. The Labute approximate surface area is 81.7 Å². The van der Waals surface area contributed by atoms with Gasteiger partial charge in [0.15, 0.2) is 0 Å². The number of aliphatic hydroxyl groups excluding tert-OH is 1. The number of alkyl halides is 1. The highest BCUT2D eigenvalue weighted by atomic mass is 79.9. The summed E-state index contributed by atoms with van der Waals surface area (Å²) < 4.78 is 0. The molecular weight excluding hydrogens is 222 g/mol. The number of hydrogen-bond donors (Lipinski definition) is 2. The van der Waals surface area contributed by atoms with Crippen molar-refractivity contribution in [3.05, 3.63) is 0 Å². The van der Waals surface area contributed by atoms with Crippen LogP contribution in [-0.4, -0.2) is 29.0 Å². The van der Waals surface area contributed by atoms with Gasteiger partial charge in [0, 0.05) is 0 Å². The Morgan fingerprint density at radius 2 is 2.33 bits per heavy atom. The third kappa shape index (κ3) is 5.55. The van der Waals surface area contributed by atoms with Crippen LogP contribution in [0, 0.1) is 0 Å². The fourth-order valence-corrected chi connectivity index (χ4v) is 1.09. The smallest absolute Gasteiger partial charge is 0.230 e. The molecule has 4 heteroatoms. The van der Waals surface area contributed by atoms with Gasteiger partial charge in [0.05, 0.1) is 18.0 Å². The summed E-state index contributed by atoms with van der Waals surface area (Å²) in [6.45, 7) is 2.11. The maximum atomic E-state index is 10.9. The predicted octanol–water partition coefficient (Wildman–Crippen LogP) is 1.05. The zero-order valence-corrected chi connectivity index (χ0v) is 8.93. The molecule has 0 saturated heterocycles. The highest BCUT2D eigenvalue weighted by Crippen LogP contribution is 1.99. The molecule has 0 aliphatic rings. The summed E-state index contributed by atoms with van der Waals surface area (Å²) in [6.07, 6.45) is 2.97. The topological polar surface area (TPSA) is 49.3 Å². The van der Waals surface area contributed by atoms with E-state index in [1.165, 1.54) is 0 Å². The summed E-state index contributed by atoms with van der Waals surface area (Å²) in [6, 6.07) is -0.0741. The molecule has 0 rings (SSSR count). The highest BCUT2D eigenvalue weighted by Gasteiger charge is 2.08. The highest BCUT2D eigenvalue weighted by molar-refractivity contribution is 9.09. The number of carbonyl (C=O) groups is 1. The maximum Gasteiger partial charge on any atom is 0.230 e. The lowest BCUT2D eigenvalue weighted by molar-refractivity contribution is -0.119. The molecule has 2 N–H and O–H groups in total. The fourth-order valence-electron chi connectivity index (χ4n) is 0.926. The number of hydrogen-bond acceptors (Lipinski definition) is 2. The van der Waals surface area contributed by atoms with Crippen molar-refractivity contribution in [1.29, 1.82) is 0 Å². The first-order valence-corrected chi connectivity index (χ1v) is 5.32. The van der Waals surface area contributed by atoms with Crippen LogP contribution in [-0.2, 0) is 4.79 Å². The summed E-state index contributed by atoms with van der Waals surface area (Å²) >= 11 is 3.05. The van der Waals surface area contributed by atoms with Crippen LogP contribution < -0.4 is 5.32 Å². The van der Waals surface area contributed by atoms with E-state index in [9.17, 15) is 4.79 Å². The van der Waals surface area contributed by atoms with Gasteiger partial charge in [0.1, 0.15) is 0 Å². The molecular formula is C8H16BrNO2. The Hall–Kier alpha value is -0.0900. The number of aliphatic hydroxyl groups is 1. The van der Waals surface area contributed by atoms with E-state index in [-0.39, 0.29) is 18.6 Å². The van der Waals surface area contributed by atoms with Crippen LogP contribution in [0.4, 0.5) is 0 Å². The molecule has 0 heterocycles. The minimum Gasteiger partial charge on any atom is -0.394 e. The van der Waals surface area contributed by atoms with Gasteiger partial charge in [-0.1, -0.05) is 35.7 Å². The molecule has 3 nitrogen and oxygen atoms in total. The van der Waals surface area contributed by atoms with Gasteiger partial charge in [0.25, 0.3) is 0 Å². The summed E-state index contributed by atoms with van der Waals surface area (Å²) in [4.78, 5) is 10.9. The van der Waals surface area contributed by atoms with Crippen LogP contribution in [0.25, 0.3) is 0 Å². The second-order valence-electron chi connectivity index (χ2n) is 2.72. The van der Waals surface area contributed by atoms with E-state index in [4.69, 9.17) is 5.11 Å². The van der Waals surface area contributed by atoms with Crippen LogP contribution in [0.3, 0.4) is 0 Å². The zero-order valence-electron chi connectivity index (χ0n) is 7.35. The van der Waals surface area contributed by atoms with Gasteiger partial charge in [0.2, 0.25) is 5.91 Å². The largest absolute Gasteiger partial charge is 0.394 e. The van der Waals surface area contributed by atoms with Crippen LogP contribution in [0.1, 0.15) is 26.2 Å². The number of nitrogens with one attached hydrogen (secondary N) is 1. The molecule has 0 fully saturated rings. The molecule has 0 aromatic rings. The predicted molar refractivity (Wildman–Crippen MR) is 52.3 cm³/mol. The molecule has 0 aliphatic carbocycles. The van der Waals surface area contributed by atoms with Gasteiger partial charge in [-0.2, -0.15) is 0 Å². The van der Waals surface area contributed by atoms with Crippen molar-refractivity contribution in [2.45, 2.75) is 32.2 Å². The Bertz CT molecular complexity index is 130. The SMILES string of the molecule is CCCC[C@H](CO)NC(=O)CBr. The molecule has 12 heavy (non-hydrogen) atoms. The van der Waals surface area contributed by atoms with E-state index in [1.807, 2.05) is 0 Å². The van der Waals surface area contributed by atoms with Gasteiger partial charge in [-0.15, -0.1) is 0 Å². The van der Waals surface area contributed by atoms with Crippen LogP contribution in [0.15, 0.2) is 0 Å². The van der Waals surface area contributed by atoms with E-state index in [0.29, 0.717) is 5.33 Å². The third-order valence-corrected chi connectivity index (χ3v) is 2.12. The summed E-state index contributed by atoms with van der Waals surface area (Å²) in [5, 5.41) is 11.9. The van der Waals surface area contributed by atoms with Crippen LogP contribution in [0.5, 0.6) is 0 Å². The Morgan fingerprint density at radius 3 is 2.75 bits per heavy atom. The third-order valence-electron chi connectivity index (χ3n) is 1.61. The second kappa shape index (κ2) is 7.55. The average Bonchev–Trinajstić information content (AvgIpc) is 2.11. The van der Waals surface area contributed by atoms with E-state index >= 15 is 0 Å². The second-order valence-corrected chi connectivity index (χ2v) is 3.28. The Kier molecular flexibility index (Phi) is 7.50. The van der Waals surface area contributed by atoms with E-state index < -0.39 is 0 Å². The standard InChI is InChI=1S/C8H16BrNO2/c1-2-3-4-7(6-11)10-8(12)5-9/h7,11H,2-6H2,1H3,(H,10,12)/t7-/m1/s1. The van der Waals surface area contributed by atoms with Crippen LogP contribution in [0.2, 0.25) is 0 Å². The van der Waals surface area contributed by atoms with Crippen LogP contribution >= 0.6 is 15.9 Å². The molecule has 0 unspecified atom stereocenters. The molecule has 0 radical (unpaired) electrons. The lowest BCUT2D eigenvalue weighted by atomic mass is 10.1. The molecule has 1 atom stereocenters. The summed E-state index contributed by atoms with van der Waals surface area (Å²) in [5.41, 5.74) is 0. The molecule has 0 saturated carbocycles. The summed E-state index contributed by atoms with van der Waals surface area (Å²) in [7, 11) is 0. The van der Waals surface area contributed by atoms with Gasteiger partial charge in [-0.25, -0.2) is 0 Å². The van der Waals surface area contributed by atoms with Crippen molar-refractivity contribution < 1.29 is 9.90 Å². The number of amides is 1. The van der Waals surface area contributed by atoms with Gasteiger partial charge in [-0.3, -0.25) is 4.79 Å². The monoisotopic (exact) mass is 237 g/mol. The first-order chi connectivity index (χ1) is 5.74. The zero-order chi connectivity index (χ0) is 9.40. The molecule has 72 valence electrons. The van der Waals surface area contributed by atoms with Gasteiger partial charge in [-0.05, 0) is 6.42 Å². The van der Waals surface area contributed by atoms with Crippen molar-refractivity contribution in [3.63, 3.8) is 0 Å². The van der Waals surface area contributed by atoms with E-state index in [0.717, 1.165) is 19.3 Å². The van der Waals surface area contributed by atoms with Crippen molar-refractivity contribution in [2.24, 2.45) is 0 Å². The minimum absolute atomic E-state index is 0.0265. The van der Waals surface area contributed by atoms with Gasteiger partial charge >= 0.3 is 0 Å². The number of rotatable bonds is 6. The van der Waals surface area contributed by atoms with Crippen molar-refractivity contribution >= 4 is 21.8 Å². The number of carbonyl (C=O) groups excluding carboxylic acids is 1. The average molecular weight is 238 g/mol.